The molecular weight excluding hydrogens is 319 g/mol. The van der Waals surface area contributed by atoms with Gasteiger partial charge in [-0.15, -0.1) is 0 Å². The van der Waals surface area contributed by atoms with Crippen LogP contribution in [-0.4, -0.2) is 23.8 Å². The van der Waals surface area contributed by atoms with Crippen LogP contribution < -0.4 is 5.32 Å². The molecule has 0 fully saturated rings. The van der Waals surface area contributed by atoms with Crippen LogP contribution in [0, 0.1) is 5.82 Å². The molecule has 0 unspecified atom stereocenters. The Morgan fingerprint density at radius 3 is 2.39 bits per heavy atom. The van der Waals surface area contributed by atoms with Gasteiger partial charge in [0.05, 0.1) is 0 Å². The highest BCUT2D eigenvalue weighted by atomic mass is 35.5. The number of rotatable bonds is 4. The van der Waals surface area contributed by atoms with E-state index in [9.17, 15) is 14.0 Å². The Hall–Kier alpha value is -2.40. The summed E-state index contributed by atoms with van der Waals surface area (Å²) in [6.45, 7) is 1.47. The summed E-state index contributed by atoms with van der Waals surface area (Å²) < 4.78 is 13.8. The van der Waals surface area contributed by atoms with Gasteiger partial charge in [-0.1, -0.05) is 17.7 Å². The predicted octanol–water partition coefficient (Wildman–Crippen LogP) is 3.71. The first-order valence-electron chi connectivity index (χ1n) is 6.94. The number of nitrogens with one attached hydrogen (secondary N) is 1. The van der Waals surface area contributed by atoms with Gasteiger partial charge in [0.2, 0.25) is 5.91 Å². The molecule has 1 N–H and O–H groups in total. The predicted molar refractivity (Wildman–Crippen MR) is 88.0 cm³/mol. The normalized spacial score (nSPS) is 10.3. The number of hydrogen-bond acceptors (Lipinski definition) is 2. The molecule has 2 aromatic rings. The monoisotopic (exact) mass is 334 g/mol. The lowest BCUT2D eigenvalue weighted by molar-refractivity contribution is -0.114. The van der Waals surface area contributed by atoms with Gasteiger partial charge in [-0.25, -0.2) is 4.39 Å². The lowest BCUT2D eigenvalue weighted by Gasteiger charge is -2.18. The summed E-state index contributed by atoms with van der Waals surface area (Å²) in [5, 5.41) is 2.91. The van der Waals surface area contributed by atoms with E-state index in [0.717, 1.165) is 0 Å². The van der Waals surface area contributed by atoms with Crippen molar-refractivity contribution in [3.8, 4) is 0 Å². The fourth-order valence-corrected chi connectivity index (χ4v) is 2.33. The van der Waals surface area contributed by atoms with Crippen LogP contribution in [0.15, 0.2) is 42.5 Å². The van der Waals surface area contributed by atoms with E-state index in [-0.39, 0.29) is 28.9 Å². The quantitative estimate of drug-likeness (QED) is 0.926. The first-order valence-corrected chi connectivity index (χ1v) is 7.32. The number of anilines is 1. The van der Waals surface area contributed by atoms with E-state index in [1.54, 1.807) is 37.4 Å². The first kappa shape index (κ1) is 17.0. The second kappa shape index (κ2) is 7.24. The lowest BCUT2D eigenvalue weighted by Crippen LogP contribution is -2.26. The molecule has 2 rings (SSSR count). The molecule has 0 aliphatic heterocycles. The van der Waals surface area contributed by atoms with Gasteiger partial charge < -0.3 is 10.2 Å². The summed E-state index contributed by atoms with van der Waals surface area (Å²) >= 11 is 5.98. The van der Waals surface area contributed by atoms with E-state index in [1.807, 2.05) is 0 Å². The molecule has 4 nitrogen and oxygen atoms in total. The molecule has 120 valence electrons. The molecule has 0 atom stereocenters. The number of nitrogens with zero attached hydrogens (tertiary/aromatic N) is 1. The Balaban J connectivity index is 2.12. The van der Waals surface area contributed by atoms with Crippen molar-refractivity contribution in [2.75, 3.05) is 12.4 Å². The molecule has 0 aliphatic carbocycles. The van der Waals surface area contributed by atoms with E-state index in [1.165, 1.54) is 24.0 Å². The number of hydrogen-bond donors (Lipinski definition) is 1. The van der Waals surface area contributed by atoms with Crippen molar-refractivity contribution in [1.29, 1.82) is 0 Å². The number of carbonyl (C=O) groups excluding carboxylic acids is 2. The number of amides is 2. The van der Waals surface area contributed by atoms with Crippen molar-refractivity contribution in [2.45, 2.75) is 13.5 Å². The molecule has 2 amide bonds. The maximum absolute atomic E-state index is 13.8. The van der Waals surface area contributed by atoms with Crippen molar-refractivity contribution in [3.63, 3.8) is 0 Å². The van der Waals surface area contributed by atoms with Gasteiger partial charge in [-0.05, 0) is 36.4 Å². The van der Waals surface area contributed by atoms with Crippen molar-refractivity contribution >= 4 is 29.1 Å². The molecule has 23 heavy (non-hydrogen) atoms. The van der Waals surface area contributed by atoms with Crippen LogP contribution in [-0.2, 0) is 11.3 Å². The summed E-state index contributed by atoms with van der Waals surface area (Å²) in [6.07, 6.45) is 0. The van der Waals surface area contributed by atoms with Crippen LogP contribution in [0.5, 0.6) is 0 Å². The van der Waals surface area contributed by atoms with Gasteiger partial charge in [0, 0.05) is 42.4 Å². The third-order valence-electron chi connectivity index (χ3n) is 3.26. The Labute approximate surface area is 138 Å². The SMILES string of the molecule is CC(=O)Nc1ccc(C(=O)N(C)Cc2c(F)cccc2Cl)cc1. The zero-order chi connectivity index (χ0) is 17.0. The van der Waals surface area contributed by atoms with E-state index in [0.29, 0.717) is 11.3 Å². The molecule has 0 saturated carbocycles. The maximum Gasteiger partial charge on any atom is 0.253 e. The molecular formula is C17H16ClFN2O2. The standard InChI is InChI=1S/C17H16ClFN2O2/c1-11(22)20-13-8-6-12(7-9-13)17(23)21(2)10-14-15(18)4-3-5-16(14)19/h3-9H,10H2,1-2H3,(H,20,22). The van der Waals surface area contributed by atoms with Gasteiger partial charge in [-0.2, -0.15) is 0 Å². The average molecular weight is 335 g/mol. The van der Waals surface area contributed by atoms with Crippen LogP contribution in [0.2, 0.25) is 5.02 Å². The van der Waals surface area contributed by atoms with Crippen LogP contribution in [0.3, 0.4) is 0 Å². The molecule has 0 spiro atoms. The van der Waals surface area contributed by atoms with Gasteiger partial charge in [0.25, 0.3) is 5.91 Å². The summed E-state index contributed by atoms with van der Waals surface area (Å²) in [5.74, 6) is -0.896. The molecule has 2 aromatic carbocycles. The van der Waals surface area contributed by atoms with Crippen LogP contribution in [0.25, 0.3) is 0 Å². The number of carbonyl (C=O) groups is 2. The number of benzene rings is 2. The van der Waals surface area contributed by atoms with E-state index >= 15 is 0 Å². The highest BCUT2D eigenvalue weighted by Gasteiger charge is 2.15. The van der Waals surface area contributed by atoms with Crippen molar-refractivity contribution < 1.29 is 14.0 Å². The van der Waals surface area contributed by atoms with Crippen molar-refractivity contribution in [3.05, 3.63) is 64.4 Å². The lowest BCUT2D eigenvalue weighted by atomic mass is 10.1. The summed E-state index contributed by atoms with van der Waals surface area (Å²) in [4.78, 5) is 24.7. The Morgan fingerprint density at radius 1 is 1.17 bits per heavy atom. The average Bonchev–Trinajstić information content (AvgIpc) is 2.50. The fraction of sp³-hybridized carbons (Fsp3) is 0.176. The third-order valence-corrected chi connectivity index (χ3v) is 3.61. The minimum atomic E-state index is -0.446. The maximum atomic E-state index is 13.8. The van der Waals surface area contributed by atoms with Crippen molar-refractivity contribution in [1.82, 2.24) is 4.90 Å². The third kappa shape index (κ3) is 4.29. The van der Waals surface area contributed by atoms with E-state index < -0.39 is 5.82 Å². The Bertz CT molecular complexity index is 712. The zero-order valence-corrected chi connectivity index (χ0v) is 13.5. The Kier molecular flexibility index (Phi) is 5.34. The van der Waals surface area contributed by atoms with Gasteiger partial charge in [0.1, 0.15) is 5.82 Å². The smallest absolute Gasteiger partial charge is 0.253 e. The minimum absolute atomic E-state index is 0.0672. The fourth-order valence-electron chi connectivity index (χ4n) is 2.11. The van der Waals surface area contributed by atoms with Crippen LogP contribution in [0.4, 0.5) is 10.1 Å². The molecule has 0 radical (unpaired) electrons. The van der Waals surface area contributed by atoms with Crippen LogP contribution >= 0.6 is 11.6 Å². The van der Waals surface area contributed by atoms with E-state index in [4.69, 9.17) is 11.6 Å². The van der Waals surface area contributed by atoms with Gasteiger partial charge in [0.15, 0.2) is 0 Å². The van der Waals surface area contributed by atoms with Gasteiger partial charge in [-0.3, -0.25) is 9.59 Å². The zero-order valence-electron chi connectivity index (χ0n) is 12.8. The molecule has 0 heterocycles. The number of halogens is 2. The van der Waals surface area contributed by atoms with Crippen LogP contribution in [0.1, 0.15) is 22.8 Å². The topological polar surface area (TPSA) is 49.4 Å². The molecule has 0 aliphatic rings. The Morgan fingerprint density at radius 2 is 1.83 bits per heavy atom. The molecule has 0 aromatic heterocycles. The molecule has 0 bridgehead atoms. The van der Waals surface area contributed by atoms with E-state index in [2.05, 4.69) is 5.32 Å². The largest absolute Gasteiger partial charge is 0.337 e. The highest BCUT2D eigenvalue weighted by molar-refractivity contribution is 6.31. The molecule has 6 heteroatoms. The minimum Gasteiger partial charge on any atom is -0.337 e. The molecule has 0 saturated heterocycles. The summed E-state index contributed by atoms with van der Waals surface area (Å²) in [5.41, 5.74) is 1.32. The van der Waals surface area contributed by atoms with Crippen molar-refractivity contribution in [2.24, 2.45) is 0 Å². The second-order valence-corrected chi connectivity index (χ2v) is 5.53. The summed E-state index contributed by atoms with van der Waals surface area (Å²) in [7, 11) is 1.58. The second-order valence-electron chi connectivity index (χ2n) is 5.12. The van der Waals surface area contributed by atoms with Gasteiger partial charge >= 0.3 is 0 Å². The first-order chi connectivity index (χ1) is 10.9. The highest BCUT2D eigenvalue weighted by Crippen LogP contribution is 2.21. The summed E-state index contributed by atoms with van der Waals surface area (Å²) in [6, 6.07) is 10.9.